The Labute approximate surface area is 190 Å². The number of hydrogen-bond donors (Lipinski definition) is 1. The van der Waals surface area contributed by atoms with Crippen LogP contribution in [-0.4, -0.2) is 38.3 Å². The second-order valence-electron chi connectivity index (χ2n) is 8.04. The molecule has 1 fully saturated rings. The molecule has 5 nitrogen and oxygen atoms in total. The van der Waals surface area contributed by atoms with Crippen molar-refractivity contribution < 1.29 is 14.3 Å². The SMILES string of the molecule is COc1c(-c2ccccc2)cccc1N(C[C@H]1CCCN1)C(=O)C(C)Oc1ccccc1. The lowest BCUT2D eigenvalue weighted by Gasteiger charge is -2.30. The maximum Gasteiger partial charge on any atom is 0.267 e. The summed E-state index contributed by atoms with van der Waals surface area (Å²) in [7, 11) is 1.66. The van der Waals surface area contributed by atoms with Crippen molar-refractivity contribution in [3.63, 3.8) is 0 Å². The average Bonchev–Trinajstić information content (AvgIpc) is 3.36. The number of amides is 1. The fraction of sp³-hybridized carbons (Fsp3) is 0.296. The molecule has 1 saturated heterocycles. The highest BCUT2D eigenvalue weighted by molar-refractivity contribution is 5.99. The molecule has 1 heterocycles. The van der Waals surface area contributed by atoms with Gasteiger partial charge in [0.15, 0.2) is 6.10 Å². The van der Waals surface area contributed by atoms with Crippen LogP contribution >= 0.6 is 0 Å². The summed E-state index contributed by atoms with van der Waals surface area (Å²) < 4.78 is 11.8. The number of rotatable bonds is 8. The number of hydrogen-bond acceptors (Lipinski definition) is 4. The number of carbonyl (C=O) groups is 1. The van der Waals surface area contributed by atoms with E-state index in [-0.39, 0.29) is 11.9 Å². The van der Waals surface area contributed by atoms with Crippen molar-refractivity contribution in [1.82, 2.24) is 5.32 Å². The summed E-state index contributed by atoms with van der Waals surface area (Å²) in [6.07, 6.45) is 1.52. The summed E-state index contributed by atoms with van der Waals surface area (Å²) in [5, 5.41) is 3.51. The van der Waals surface area contributed by atoms with E-state index in [9.17, 15) is 4.79 Å². The molecule has 0 spiro atoms. The number of anilines is 1. The Balaban J connectivity index is 1.69. The van der Waals surface area contributed by atoms with E-state index in [2.05, 4.69) is 5.32 Å². The molecular weight excluding hydrogens is 400 g/mol. The molecule has 32 heavy (non-hydrogen) atoms. The van der Waals surface area contributed by atoms with Crippen molar-refractivity contribution in [3.8, 4) is 22.6 Å². The lowest BCUT2D eigenvalue weighted by Crippen LogP contribution is -2.46. The third-order valence-electron chi connectivity index (χ3n) is 5.81. The number of carbonyl (C=O) groups excluding carboxylic acids is 1. The highest BCUT2D eigenvalue weighted by Gasteiger charge is 2.30. The van der Waals surface area contributed by atoms with Crippen LogP contribution in [0, 0.1) is 0 Å². The molecule has 0 saturated carbocycles. The Morgan fingerprint density at radius 3 is 2.41 bits per heavy atom. The average molecular weight is 431 g/mol. The second kappa shape index (κ2) is 10.3. The van der Waals surface area contributed by atoms with Crippen LogP contribution in [0.2, 0.25) is 0 Å². The van der Waals surface area contributed by atoms with Crippen molar-refractivity contribution in [2.45, 2.75) is 31.9 Å². The van der Waals surface area contributed by atoms with E-state index >= 15 is 0 Å². The maximum atomic E-state index is 13.7. The molecule has 1 N–H and O–H groups in total. The second-order valence-corrected chi connectivity index (χ2v) is 8.04. The van der Waals surface area contributed by atoms with Crippen molar-refractivity contribution in [2.24, 2.45) is 0 Å². The Kier molecular flexibility index (Phi) is 7.07. The number of methoxy groups -OCH3 is 1. The Morgan fingerprint density at radius 1 is 1.03 bits per heavy atom. The molecule has 0 radical (unpaired) electrons. The van der Waals surface area contributed by atoms with Gasteiger partial charge in [-0.25, -0.2) is 0 Å². The Bertz CT molecular complexity index is 1020. The van der Waals surface area contributed by atoms with Crippen LogP contribution in [-0.2, 0) is 4.79 Å². The van der Waals surface area contributed by atoms with Crippen LogP contribution < -0.4 is 19.7 Å². The number of ether oxygens (including phenoxy) is 2. The van der Waals surface area contributed by atoms with Gasteiger partial charge in [-0.3, -0.25) is 4.79 Å². The van der Waals surface area contributed by atoms with E-state index in [1.165, 1.54) is 0 Å². The lowest BCUT2D eigenvalue weighted by atomic mass is 10.0. The van der Waals surface area contributed by atoms with E-state index in [0.29, 0.717) is 18.0 Å². The van der Waals surface area contributed by atoms with Crippen LogP contribution in [0.1, 0.15) is 19.8 Å². The first kappa shape index (κ1) is 21.9. The van der Waals surface area contributed by atoms with Gasteiger partial charge in [-0.2, -0.15) is 0 Å². The van der Waals surface area contributed by atoms with E-state index in [0.717, 1.165) is 36.2 Å². The third kappa shape index (κ3) is 4.94. The van der Waals surface area contributed by atoms with Crippen LogP contribution in [0.25, 0.3) is 11.1 Å². The van der Waals surface area contributed by atoms with Gasteiger partial charge in [0.25, 0.3) is 5.91 Å². The van der Waals surface area contributed by atoms with Gasteiger partial charge >= 0.3 is 0 Å². The zero-order chi connectivity index (χ0) is 22.3. The summed E-state index contributed by atoms with van der Waals surface area (Å²) in [5.41, 5.74) is 2.77. The van der Waals surface area contributed by atoms with Gasteiger partial charge in [0.1, 0.15) is 11.5 Å². The smallest absolute Gasteiger partial charge is 0.267 e. The van der Waals surface area contributed by atoms with Crippen LogP contribution in [0.5, 0.6) is 11.5 Å². The fourth-order valence-corrected chi connectivity index (χ4v) is 4.21. The van der Waals surface area contributed by atoms with E-state index in [4.69, 9.17) is 9.47 Å². The molecule has 1 unspecified atom stereocenters. The molecule has 166 valence electrons. The molecule has 4 rings (SSSR count). The van der Waals surface area contributed by atoms with Gasteiger partial charge in [0.2, 0.25) is 0 Å². The van der Waals surface area contributed by atoms with E-state index in [1.807, 2.05) is 83.8 Å². The first-order valence-electron chi connectivity index (χ1n) is 11.2. The molecule has 1 amide bonds. The number of nitrogens with one attached hydrogen (secondary N) is 1. The van der Waals surface area contributed by atoms with Crippen LogP contribution in [0.3, 0.4) is 0 Å². The standard InChI is InChI=1S/C27H30N2O3/c1-20(32-23-14-7-4-8-15-23)27(30)29(19-22-13-10-18-28-22)25-17-9-16-24(26(25)31-2)21-11-5-3-6-12-21/h3-9,11-12,14-17,20,22,28H,10,13,18-19H2,1-2H3/t20?,22-/m1/s1. The molecule has 0 aromatic heterocycles. The molecule has 1 aliphatic heterocycles. The van der Waals surface area contributed by atoms with Crippen molar-refractivity contribution in [1.29, 1.82) is 0 Å². The predicted octanol–water partition coefficient (Wildman–Crippen LogP) is 4.91. The topological polar surface area (TPSA) is 50.8 Å². The van der Waals surface area contributed by atoms with Crippen LogP contribution in [0.15, 0.2) is 78.9 Å². The van der Waals surface area contributed by atoms with Gasteiger partial charge in [-0.1, -0.05) is 60.7 Å². The molecule has 1 aliphatic rings. The fourth-order valence-electron chi connectivity index (χ4n) is 4.21. The quantitative estimate of drug-likeness (QED) is 0.551. The van der Waals surface area contributed by atoms with E-state index in [1.54, 1.807) is 14.0 Å². The molecule has 5 heteroatoms. The van der Waals surface area contributed by atoms with Crippen molar-refractivity contribution >= 4 is 11.6 Å². The molecule has 3 aromatic rings. The summed E-state index contributed by atoms with van der Waals surface area (Å²) in [4.78, 5) is 15.5. The predicted molar refractivity (Wildman–Crippen MR) is 128 cm³/mol. The van der Waals surface area contributed by atoms with Crippen molar-refractivity contribution in [3.05, 3.63) is 78.9 Å². The Hall–Kier alpha value is -3.31. The first-order valence-corrected chi connectivity index (χ1v) is 11.2. The van der Waals surface area contributed by atoms with Gasteiger partial charge in [0.05, 0.1) is 12.8 Å². The molecule has 3 aromatic carbocycles. The number of para-hydroxylation sites is 2. The van der Waals surface area contributed by atoms with E-state index < -0.39 is 6.10 Å². The zero-order valence-electron chi connectivity index (χ0n) is 18.7. The molecule has 0 aliphatic carbocycles. The van der Waals surface area contributed by atoms with Gasteiger partial charge in [-0.15, -0.1) is 0 Å². The minimum absolute atomic E-state index is 0.0916. The third-order valence-corrected chi connectivity index (χ3v) is 5.81. The number of nitrogens with zero attached hydrogens (tertiary/aromatic N) is 1. The summed E-state index contributed by atoms with van der Waals surface area (Å²) in [6.45, 7) is 3.35. The first-order chi connectivity index (χ1) is 15.7. The Morgan fingerprint density at radius 2 is 1.75 bits per heavy atom. The number of benzene rings is 3. The highest BCUT2D eigenvalue weighted by atomic mass is 16.5. The summed E-state index contributed by atoms with van der Waals surface area (Å²) in [6, 6.07) is 25.8. The van der Waals surface area contributed by atoms with Gasteiger partial charge in [0, 0.05) is 18.2 Å². The highest BCUT2D eigenvalue weighted by Crippen LogP contribution is 2.39. The van der Waals surface area contributed by atoms with Crippen molar-refractivity contribution in [2.75, 3.05) is 25.1 Å². The summed E-state index contributed by atoms with van der Waals surface area (Å²) >= 11 is 0. The summed E-state index contributed by atoms with van der Waals surface area (Å²) in [5.74, 6) is 1.28. The largest absolute Gasteiger partial charge is 0.494 e. The van der Waals surface area contributed by atoms with Crippen LogP contribution in [0.4, 0.5) is 5.69 Å². The normalized spacial score (nSPS) is 16.4. The molecule has 0 bridgehead atoms. The zero-order valence-corrected chi connectivity index (χ0v) is 18.7. The maximum absolute atomic E-state index is 13.7. The minimum Gasteiger partial charge on any atom is -0.494 e. The minimum atomic E-state index is -0.635. The van der Waals surface area contributed by atoms with Gasteiger partial charge < -0.3 is 19.7 Å². The molecule has 2 atom stereocenters. The molecular formula is C27H30N2O3. The lowest BCUT2D eigenvalue weighted by molar-refractivity contribution is -0.124. The van der Waals surface area contributed by atoms with Gasteiger partial charge in [-0.05, 0) is 50.1 Å². The monoisotopic (exact) mass is 430 g/mol.